The van der Waals surface area contributed by atoms with Crippen LogP contribution in [0.25, 0.3) is 0 Å². The number of halogens is 3. The van der Waals surface area contributed by atoms with Crippen molar-refractivity contribution >= 4 is 0 Å². The molecule has 0 spiro atoms. The molecule has 0 amide bonds. The van der Waals surface area contributed by atoms with E-state index in [0.29, 0.717) is 13.1 Å². The van der Waals surface area contributed by atoms with Gasteiger partial charge in [-0.2, -0.15) is 13.2 Å². The zero-order valence-corrected chi connectivity index (χ0v) is 11.4. The summed E-state index contributed by atoms with van der Waals surface area (Å²) in [7, 11) is 0. The molecule has 0 aromatic carbocycles. The van der Waals surface area contributed by atoms with Gasteiger partial charge in [0, 0.05) is 6.54 Å². The van der Waals surface area contributed by atoms with Crippen LogP contribution < -0.4 is 0 Å². The summed E-state index contributed by atoms with van der Waals surface area (Å²) in [5, 5.41) is 10.2. The number of rotatable bonds is 4. The van der Waals surface area contributed by atoms with Gasteiger partial charge in [0.2, 0.25) is 0 Å². The Morgan fingerprint density at radius 3 is 2.44 bits per heavy atom. The molecule has 1 N–H and O–H groups in total. The molecule has 0 radical (unpaired) electrons. The third-order valence-corrected chi connectivity index (χ3v) is 3.99. The van der Waals surface area contributed by atoms with Crippen LogP contribution in [0.3, 0.4) is 0 Å². The number of alkyl halides is 3. The fourth-order valence-electron chi connectivity index (χ4n) is 2.85. The predicted molar refractivity (Wildman–Crippen MR) is 65.3 cm³/mol. The molecule has 2 atom stereocenters. The van der Waals surface area contributed by atoms with Crippen molar-refractivity contribution in [2.24, 2.45) is 11.3 Å². The standard InChI is InChI=1S/C13H24F3NO/c1-4-17(9-13(14,15)16)8-10-6-5-7-12(2,3)11(10)18/h10-11,18H,4-9H2,1-3H3. The summed E-state index contributed by atoms with van der Waals surface area (Å²) in [5.41, 5.74) is -0.180. The number of hydrogen-bond donors (Lipinski definition) is 1. The van der Waals surface area contributed by atoms with E-state index < -0.39 is 18.8 Å². The van der Waals surface area contributed by atoms with E-state index in [2.05, 4.69) is 0 Å². The maximum absolute atomic E-state index is 12.4. The summed E-state index contributed by atoms with van der Waals surface area (Å²) < 4.78 is 37.2. The molecule has 0 aromatic heterocycles. The third kappa shape index (κ3) is 4.43. The van der Waals surface area contributed by atoms with Crippen LogP contribution in [-0.4, -0.2) is 41.9 Å². The van der Waals surface area contributed by atoms with E-state index in [4.69, 9.17) is 0 Å². The van der Waals surface area contributed by atoms with Gasteiger partial charge in [-0.3, -0.25) is 4.90 Å². The first-order chi connectivity index (χ1) is 8.15. The van der Waals surface area contributed by atoms with Crippen LogP contribution in [0.1, 0.15) is 40.0 Å². The molecule has 1 saturated carbocycles. The summed E-state index contributed by atoms with van der Waals surface area (Å²) in [4.78, 5) is 1.38. The van der Waals surface area contributed by atoms with Crippen LogP contribution in [0.4, 0.5) is 13.2 Å². The van der Waals surface area contributed by atoms with Crippen molar-refractivity contribution in [1.29, 1.82) is 0 Å². The molecular formula is C13H24F3NO. The van der Waals surface area contributed by atoms with Crippen LogP contribution >= 0.6 is 0 Å². The topological polar surface area (TPSA) is 23.5 Å². The molecule has 1 aliphatic rings. The van der Waals surface area contributed by atoms with Gasteiger partial charge in [-0.15, -0.1) is 0 Å². The second kappa shape index (κ2) is 5.78. The molecule has 1 aliphatic carbocycles. The van der Waals surface area contributed by atoms with E-state index in [0.717, 1.165) is 19.3 Å². The van der Waals surface area contributed by atoms with E-state index in [1.165, 1.54) is 4.90 Å². The lowest BCUT2D eigenvalue weighted by atomic mass is 9.69. The molecule has 18 heavy (non-hydrogen) atoms. The first-order valence-corrected chi connectivity index (χ1v) is 6.63. The van der Waals surface area contributed by atoms with Gasteiger partial charge in [0.05, 0.1) is 12.6 Å². The quantitative estimate of drug-likeness (QED) is 0.846. The van der Waals surface area contributed by atoms with Crippen LogP contribution in [0.15, 0.2) is 0 Å². The zero-order chi connectivity index (χ0) is 14.0. The average molecular weight is 267 g/mol. The molecule has 2 unspecified atom stereocenters. The second-order valence-corrected chi connectivity index (χ2v) is 6.03. The first-order valence-electron chi connectivity index (χ1n) is 6.63. The summed E-state index contributed by atoms with van der Waals surface area (Å²) in [5.74, 6) is -0.0453. The van der Waals surface area contributed by atoms with Crippen LogP contribution in [0.2, 0.25) is 0 Å². The Balaban J connectivity index is 2.59. The molecule has 0 heterocycles. The van der Waals surface area contributed by atoms with Crippen molar-refractivity contribution in [3.05, 3.63) is 0 Å². The normalized spacial score (nSPS) is 28.7. The van der Waals surface area contributed by atoms with Gasteiger partial charge in [-0.25, -0.2) is 0 Å². The van der Waals surface area contributed by atoms with Gasteiger partial charge < -0.3 is 5.11 Å². The van der Waals surface area contributed by atoms with Gasteiger partial charge in [0.15, 0.2) is 0 Å². The van der Waals surface area contributed by atoms with Gasteiger partial charge >= 0.3 is 6.18 Å². The minimum absolute atomic E-state index is 0.0453. The molecule has 0 bridgehead atoms. The van der Waals surface area contributed by atoms with E-state index in [9.17, 15) is 18.3 Å². The van der Waals surface area contributed by atoms with Crippen molar-refractivity contribution in [3.63, 3.8) is 0 Å². The smallest absolute Gasteiger partial charge is 0.392 e. The van der Waals surface area contributed by atoms with Gasteiger partial charge in [0.1, 0.15) is 0 Å². The third-order valence-electron chi connectivity index (χ3n) is 3.99. The number of aliphatic hydroxyl groups excluding tert-OH is 1. The van der Waals surface area contributed by atoms with E-state index >= 15 is 0 Å². The van der Waals surface area contributed by atoms with Gasteiger partial charge in [0.25, 0.3) is 0 Å². The van der Waals surface area contributed by atoms with E-state index in [-0.39, 0.29) is 11.3 Å². The predicted octanol–water partition coefficient (Wildman–Crippen LogP) is 3.06. The number of aliphatic hydroxyl groups is 1. The molecule has 108 valence electrons. The minimum atomic E-state index is -4.16. The fraction of sp³-hybridized carbons (Fsp3) is 1.00. The molecule has 5 heteroatoms. The fourth-order valence-corrected chi connectivity index (χ4v) is 2.85. The van der Waals surface area contributed by atoms with Crippen molar-refractivity contribution in [2.45, 2.75) is 52.3 Å². The van der Waals surface area contributed by atoms with Gasteiger partial charge in [-0.1, -0.05) is 27.2 Å². The molecular weight excluding hydrogens is 243 g/mol. The Morgan fingerprint density at radius 1 is 1.33 bits per heavy atom. The Labute approximate surface area is 107 Å². The molecule has 1 fully saturated rings. The Hall–Kier alpha value is -0.290. The monoisotopic (exact) mass is 267 g/mol. The van der Waals surface area contributed by atoms with Crippen molar-refractivity contribution in [2.75, 3.05) is 19.6 Å². The SMILES string of the molecule is CCN(CC1CCCC(C)(C)C1O)CC(F)(F)F. The average Bonchev–Trinajstić information content (AvgIpc) is 2.21. The van der Waals surface area contributed by atoms with Crippen LogP contribution in [0.5, 0.6) is 0 Å². The maximum Gasteiger partial charge on any atom is 0.401 e. The Morgan fingerprint density at radius 2 is 1.94 bits per heavy atom. The highest BCUT2D eigenvalue weighted by Crippen LogP contribution is 2.39. The second-order valence-electron chi connectivity index (χ2n) is 6.03. The maximum atomic E-state index is 12.4. The van der Waals surface area contributed by atoms with Crippen molar-refractivity contribution in [1.82, 2.24) is 4.90 Å². The van der Waals surface area contributed by atoms with Crippen LogP contribution in [-0.2, 0) is 0 Å². The number of hydrogen-bond acceptors (Lipinski definition) is 2. The lowest BCUT2D eigenvalue weighted by molar-refractivity contribution is -0.150. The Kier molecular flexibility index (Phi) is 5.06. The molecule has 2 nitrogen and oxygen atoms in total. The Bertz CT molecular complexity index is 265. The summed E-state index contributed by atoms with van der Waals surface area (Å²) in [6, 6.07) is 0. The minimum Gasteiger partial charge on any atom is -0.392 e. The van der Waals surface area contributed by atoms with Crippen molar-refractivity contribution < 1.29 is 18.3 Å². The first kappa shape index (κ1) is 15.8. The molecule has 1 rings (SSSR count). The zero-order valence-electron chi connectivity index (χ0n) is 11.4. The summed E-state index contributed by atoms with van der Waals surface area (Å²) in [6.07, 6.45) is -1.92. The van der Waals surface area contributed by atoms with E-state index in [1.54, 1.807) is 6.92 Å². The lowest BCUT2D eigenvalue weighted by Crippen LogP contribution is -2.46. The van der Waals surface area contributed by atoms with Crippen LogP contribution in [0, 0.1) is 11.3 Å². The van der Waals surface area contributed by atoms with E-state index in [1.807, 2.05) is 13.8 Å². The highest BCUT2D eigenvalue weighted by molar-refractivity contribution is 4.89. The highest BCUT2D eigenvalue weighted by atomic mass is 19.4. The highest BCUT2D eigenvalue weighted by Gasteiger charge is 2.39. The molecule has 0 saturated heterocycles. The largest absolute Gasteiger partial charge is 0.401 e. The number of nitrogens with zero attached hydrogens (tertiary/aromatic N) is 1. The van der Waals surface area contributed by atoms with Gasteiger partial charge in [-0.05, 0) is 30.7 Å². The lowest BCUT2D eigenvalue weighted by Gasteiger charge is -2.42. The van der Waals surface area contributed by atoms with Crippen molar-refractivity contribution in [3.8, 4) is 0 Å². The molecule has 0 aliphatic heterocycles. The summed E-state index contributed by atoms with van der Waals surface area (Å²) in [6.45, 7) is 5.52. The molecule has 0 aromatic rings. The summed E-state index contributed by atoms with van der Waals surface area (Å²) >= 11 is 0.